The van der Waals surface area contributed by atoms with Gasteiger partial charge in [0.15, 0.2) is 0 Å². The maximum absolute atomic E-state index is 12.8. The van der Waals surface area contributed by atoms with Crippen LogP contribution in [0, 0.1) is 12.8 Å². The summed E-state index contributed by atoms with van der Waals surface area (Å²) in [5.74, 6) is 0.690. The van der Waals surface area contributed by atoms with E-state index in [2.05, 4.69) is 42.4 Å². The van der Waals surface area contributed by atoms with Crippen molar-refractivity contribution in [3.05, 3.63) is 34.7 Å². The van der Waals surface area contributed by atoms with E-state index in [9.17, 15) is 4.79 Å². The van der Waals surface area contributed by atoms with Crippen LogP contribution in [0.2, 0.25) is 0 Å². The van der Waals surface area contributed by atoms with Crippen LogP contribution in [0.15, 0.2) is 23.6 Å². The molecule has 3 nitrogen and oxygen atoms in total. The number of aryl methyl sites for hydroxylation is 1. The van der Waals surface area contributed by atoms with Crippen molar-refractivity contribution in [3.8, 4) is 0 Å². The molecule has 3 aliphatic heterocycles. The number of rotatable bonds is 2. The number of thiophene rings is 1. The van der Waals surface area contributed by atoms with Gasteiger partial charge in [-0.25, -0.2) is 0 Å². The summed E-state index contributed by atoms with van der Waals surface area (Å²) in [6.07, 6.45) is 2.41. The molecule has 2 aromatic rings. The monoisotopic (exact) mass is 328 g/mol. The van der Waals surface area contributed by atoms with Crippen molar-refractivity contribution in [1.82, 2.24) is 10.2 Å². The molecule has 0 spiro atoms. The van der Waals surface area contributed by atoms with Crippen LogP contribution < -0.4 is 5.32 Å². The third-order valence-corrected chi connectivity index (χ3v) is 6.98. The molecule has 3 fully saturated rings. The first-order valence-corrected chi connectivity index (χ1v) is 9.38. The average Bonchev–Trinajstić information content (AvgIpc) is 2.92. The molecule has 3 saturated heterocycles. The van der Waals surface area contributed by atoms with E-state index in [0.717, 1.165) is 5.56 Å². The quantitative estimate of drug-likeness (QED) is 0.909. The second-order valence-electron chi connectivity index (χ2n) is 7.56. The summed E-state index contributed by atoms with van der Waals surface area (Å²) < 4.78 is 1.25. The van der Waals surface area contributed by atoms with Gasteiger partial charge in [-0.2, -0.15) is 0 Å². The third kappa shape index (κ3) is 2.39. The Kier molecular flexibility index (Phi) is 3.50. The molecule has 0 saturated carbocycles. The van der Waals surface area contributed by atoms with Crippen LogP contribution in [-0.4, -0.2) is 35.5 Å². The molecule has 23 heavy (non-hydrogen) atoms. The average molecular weight is 328 g/mol. The van der Waals surface area contributed by atoms with Gasteiger partial charge in [0.1, 0.15) is 0 Å². The first-order chi connectivity index (χ1) is 11.0. The minimum Gasteiger partial charge on any atom is -0.347 e. The van der Waals surface area contributed by atoms with Crippen LogP contribution >= 0.6 is 11.3 Å². The molecule has 1 amide bonds. The Bertz CT molecular complexity index is 756. The van der Waals surface area contributed by atoms with E-state index in [-0.39, 0.29) is 17.5 Å². The summed E-state index contributed by atoms with van der Waals surface area (Å²) in [5.41, 5.74) is 2.09. The van der Waals surface area contributed by atoms with Gasteiger partial charge in [-0.3, -0.25) is 9.69 Å². The van der Waals surface area contributed by atoms with Crippen LogP contribution in [-0.2, 0) is 0 Å². The lowest BCUT2D eigenvalue weighted by Gasteiger charge is -2.56. The molecule has 4 heteroatoms. The van der Waals surface area contributed by atoms with Gasteiger partial charge in [0.05, 0.1) is 0 Å². The zero-order chi connectivity index (χ0) is 16.2. The summed E-state index contributed by atoms with van der Waals surface area (Å²) in [6, 6.07) is 6.33. The van der Waals surface area contributed by atoms with Crippen molar-refractivity contribution >= 4 is 27.3 Å². The number of nitrogens with one attached hydrogen (secondary N) is 1. The molecule has 0 aliphatic carbocycles. The van der Waals surface area contributed by atoms with Crippen molar-refractivity contribution in [2.75, 3.05) is 13.1 Å². The molecule has 0 radical (unpaired) electrons. The topological polar surface area (TPSA) is 32.3 Å². The summed E-state index contributed by atoms with van der Waals surface area (Å²) in [6.45, 7) is 9.00. The highest BCUT2D eigenvalue weighted by molar-refractivity contribution is 7.17. The Hall–Kier alpha value is -1.39. The summed E-state index contributed by atoms with van der Waals surface area (Å²) >= 11 is 1.74. The normalized spacial score (nSPS) is 28.9. The van der Waals surface area contributed by atoms with Crippen LogP contribution in [0.5, 0.6) is 0 Å². The summed E-state index contributed by atoms with van der Waals surface area (Å²) in [7, 11) is 0. The Morgan fingerprint density at radius 1 is 1.30 bits per heavy atom. The van der Waals surface area contributed by atoms with Gasteiger partial charge in [0.25, 0.3) is 5.91 Å². The Morgan fingerprint density at radius 2 is 2.04 bits per heavy atom. The van der Waals surface area contributed by atoms with Gasteiger partial charge in [-0.1, -0.05) is 0 Å². The molecule has 3 aliphatic rings. The van der Waals surface area contributed by atoms with Gasteiger partial charge in [-0.15, -0.1) is 11.3 Å². The minimum absolute atomic E-state index is 0.0548. The van der Waals surface area contributed by atoms with Gasteiger partial charge < -0.3 is 5.32 Å². The fraction of sp³-hybridized carbons (Fsp3) is 0.526. The van der Waals surface area contributed by atoms with Crippen molar-refractivity contribution in [2.24, 2.45) is 5.92 Å². The maximum atomic E-state index is 12.8. The van der Waals surface area contributed by atoms with E-state index >= 15 is 0 Å². The number of amides is 1. The number of fused-ring (bicyclic) bond motifs is 4. The first-order valence-electron chi connectivity index (χ1n) is 8.50. The largest absolute Gasteiger partial charge is 0.347 e. The molecular weight excluding hydrogens is 304 g/mol. The maximum Gasteiger partial charge on any atom is 0.251 e. The molecule has 4 heterocycles. The van der Waals surface area contributed by atoms with Crippen molar-refractivity contribution < 1.29 is 4.79 Å². The zero-order valence-electron chi connectivity index (χ0n) is 14.1. The van der Waals surface area contributed by atoms with E-state index in [0.29, 0.717) is 5.92 Å². The van der Waals surface area contributed by atoms with Crippen LogP contribution in [0.3, 0.4) is 0 Å². The Labute approximate surface area is 141 Å². The minimum atomic E-state index is 0.0548. The molecular formula is C19H24N2OS. The Morgan fingerprint density at radius 3 is 2.74 bits per heavy atom. The van der Waals surface area contributed by atoms with Crippen LogP contribution in [0.25, 0.3) is 10.1 Å². The molecule has 0 unspecified atom stereocenters. The highest BCUT2D eigenvalue weighted by atomic mass is 32.1. The number of carbonyl (C=O) groups is 1. The van der Waals surface area contributed by atoms with Gasteiger partial charge >= 0.3 is 0 Å². The van der Waals surface area contributed by atoms with Gasteiger partial charge in [-0.05, 0) is 87.1 Å². The third-order valence-electron chi connectivity index (χ3n) is 5.90. The fourth-order valence-corrected chi connectivity index (χ4v) is 5.32. The van der Waals surface area contributed by atoms with E-state index in [1.807, 2.05) is 12.1 Å². The first kappa shape index (κ1) is 15.2. The molecule has 1 atom stereocenters. The highest BCUT2D eigenvalue weighted by Crippen LogP contribution is 2.39. The molecule has 1 aromatic carbocycles. The van der Waals surface area contributed by atoms with Crippen molar-refractivity contribution in [1.29, 1.82) is 0 Å². The number of nitrogens with zero attached hydrogens (tertiary/aromatic N) is 1. The number of carbonyl (C=O) groups excluding carboxylic acids is 1. The van der Waals surface area contributed by atoms with E-state index < -0.39 is 0 Å². The predicted octanol–water partition coefficient (Wildman–Crippen LogP) is 3.81. The highest BCUT2D eigenvalue weighted by Gasteiger charge is 2.48. The second-order valence-corrected chi connectivity index (χ2v) is 8.47. The van der Waals surface area contributed by atoms with E-state index in [1.165, 1.54) is 41.6 Å². The smallest absolute Gasteiger partial charge is 0.251 e. The molecule has 5 rings (SSSR count). The molecule has 1 N–H and O–H groups in total. The summed E-state index contributed by atoms with van der Waals surface area (Å²) in [4.78, 5) is 15.4. The van der Waals surface area contributed by atoms with Crippen molar-refractivity contribution in [3.63, 3.8) is 0 Å². The molecule has 1 aromatic heterocycles. The standard InChI is InChI=1S/C19H24N2OS/c1-12-11-23-16-5-4-14(10-15(12)16)18(22)20-17-13-6-8-21(9-7-13)19(17,2)3/h4-5,10-11,13,17H,6-9H2,1-3H3,(H,20,22)/t17-/m1/s1. The number of benzene rings is 1. The zero-order valence-corrected chi connectivity index (χ0v) is 14.9. The van der Waals surface area contributed by atoms with Gasteiger partial charge in [0.2, 0.25) is 0 Å². The van der Waals surface area contributed by atoms with Crippen LogP contribution in [0.1, 0.15) is 42.6 Å². The molecule has 122 valence electrons. The second kappa shape index (κ2) is 5.32. The van der Waals surface area contributed by atoms with E-state index in [4.69, 9.17) is 0 Å². The summed E-state index contributed by atoms with van der Waals surface area (Å²) in [5, 5.41) is 6.72. The van der Waals surface area contributed by atoms with Gasteiger partial charge in [0, 0.05) is 21.8 Å². The van der Waals surface area contributed by atoms with Crippen molar-refractivity contribution in [2.45, 2.75) is 45.2 Å². The molecule has 2 bridgehead atoms. The number of hydrogen-bond donors (Lipinski definition) is 1. The Balaban J connectivity index is 1.60. The SMILES string of the molecule is Cc1csc2ccc(C(=O)N[C@@H]3C4CCN(CC4)C3(C)C)cc12. The number of hydrogen-bond acceptors (Lipinski definition) is 3. The predicted molar refractivity (Wildman–Crippen MR) is 96.2 cm³/mol. The van der Waals surface area contributed by atoms with E-state index in [1.54, 1.807) is 11.3 Å². The van der Waals surface area contributed by atoms with Crippen LogP contribution in [0.4, 0.5) is 0 Å². The fourth-order valence-electron chi connectivity index (χ4n) is 4.40. The lowest BCUT2D eigenvalue weighted by Crippen LogP contribution is -2.69. The lowest BCUT2D eigenvalue weighted by atomic mass is 9.72. The number of piperidine rings is 3. The lowest BCUT2D eigenvalue weighted by molar-refractivity contribution is -0.0378.